The molecule has 0 aromatic rings. The van der Waals surface area contributed by atoms with E-state index in [2.05, 4.69) is 0 Å². The lowest BCUT2D eigenvalue weighted by Crippen LogP contribution is -2.42. The summed E-state index contributed by atoms with van der Waals surface area (Å²) in [6, 6.07) is -1.49. The van der Waals surface area contributed by atoms with Crippen LogP contribution >= 0.6 is 21.6 Å². The first-order chi connectivity index (χ1) is 6.52. The summed E-state index contributed by atoms with van der Waals surface area (Å²) >= 11 is 0. The molecule has 0 radical (unpaired) electrons. The quantitative estimate of drug-likeness (QED) is 0.227. The van der Waals surface area contributed by atoms with Crippen LogP contribution in [0.1, 0.15) is 0 Å². The standard InChI is InChI=1S/C6H14N4O2S2/c7-3(1-11)5(9)13-14-6(10)4(8)2-12/h1-6H,7-10H2. The van der Waals surface area contributed by atoms with Gasteiger partial charge in [0.2, 0.25) is 0 Å². The zero-order valence-corrected chi connectivity index (χ0v) is 9.04. The van der Waals surface area contributed by atoms with Crippen molar-refractivity contribution in [3.63, 3.8) is 0 Å². The molecule has 0 spiro atoms. The Hall–Kier alpha value is -0.120. The SMILES string of the molecule is NC(C=O)C(N)SSC(N)C(N)C=O. The molecule has 0 amide bonds. The van der Waals surface area contributed by atoms with Crippen molar-refractivity contribution in [2.75, 3.05) is 0 Å². The maximum absolute atomic E-state index is 10.2. The maximum Gasteiger partial charge on any atom is 0.139 e. The minimum Gasteiger partial charge on any atom is -0.320 e. The first kappa shape index (κ1) is 13.9. The lowest BCUT2D eigenvalue weighted by Gasteiger charge is -2.17. The van der Waals surface area contributed by atoms with Crippen LogP contribution in [0.3, 0.4) is 0 Å². The van der Waals surface area contributed by atoms with Crippen molar-refractivity contribution < 1.29 is 9.59 Å². The van der Waals surface area contributed by atoms with Gasteiger partial charge in [-0.25, -0.2) is 0 Å². The molecule has 0 aliphatic rings. The van der Waals surface area contributed by atoms with Gasteiger partial charge in [0.25, 0.3) is 0 Å². The molecule has 0 aliphatic carbocycles. The van der Waals surface area contributed by atoms with Gasteiger partial charge < -0.3 is 32.5 Å². The zero-order chi connectivity index (χ0) is 11.1. The highest BCUT2D eigenvalue weighted by Crippen LogP contribution is 2.28. The van der Waals surface area contributed by atoms with Gasteiger partial charge >= 0.3 is 0 Å². The van der Waals surface area contributed by atoms with Crippen molar-refractivity contribution in [3.05, 3.63) is 0 Å². The number of hydrogen-bond donors (Lipinski definition) is 4. The summed E-state index contributed by atoms with van der Waals surface area (Å²) in [6.45, 7) is 0. The molecule has 0 saturated heterocycles. The summed E-state index contributed by atoms with van der Waals surface area (Å²) in [5, 5.41) is -1.11. The van der Waals surface area contributed by atoms with Crippen molar-refractivity contribution in [2.24, 2.45) is 22.9 Å². The molecule has 0 aliphatic heterocycles. The van der Waals surface area contributed by atoms with Gasteiger partial charge in [-0.3, -0.25) is 0 Å². The van der Waals surface area contributed by atoms with Crippen LogP contribution in [0.5, 0.6) is 0 Å². The lowest BCUT2D eigenvalue weighted by molar-refractivity contribution is -0.109. The molecule has 4 atom stereocenters. The average molecular weight is 238 g/mol. The molecule has 0 rings (SSSR count). The van der Waals surface area contributed by atoms with Crippen molar-refractivity contribution >= 4 is 34.2 Å². The second-order valence-corrected chi connectivity index (χ2v) is 5.18. The molecule has 0 bridgehead atoms. The number of carbonyl (C=O) groups is 2. The van der Waals surface area contributed by atoms with Crippen LogP contribution in [0.4, 0.5) is 0 Å². The molecule has 0 aromatic carbocycles. The Morgan fingerprint density at radius 3 is 1.29 bits per heavy atom. The Bertz CT molecular complexity index is 175. The Morgan fingerprint density at radius 2 is 1.07 bits per heavy atom. The summed E-state index contributed by atoms with van der Waals surface area (Å²) in [4.78, 5) is 20.5. The van der Waals surface area contributed by atoms with Crippen LogP contribution in [0.25, 0.3) is 0 Å². The van der Waals surface area contributed by atoms with Crippen molar-refractivity contribution in [1.29, 1.82) is 0 Å². The fraction of sp³-hybridized carbons (Fsp3) is 0.667. The van der Waals surface area contributed by atoms with Gasteiger partial charge in [-0.15, -0.1) is 0 Å². The number of hydrogen-bond acceptors (Lipinski definition) is 8. The van der Waals surface area contributed by atoms with Crippen LogP contribution in [-0.2, 0) is 9.59 Å². The second-order valence-electron chi connectivity index (χ2n) is 2.55. The second kappa shape index (κ2) is 7.21. The van der Waals surface area contributed by atoms with Gasteiger partial charge in [-0.05, 0) is 0 Å². The van der Waals surface area contributed by atoms with E-state index in [0.29, 0.717) is 12.6 Å². The smallest absolute Gasteiger partial charge is 0.139 e. The summed E-state index contributed by atoms with van der Waals surface area (Å²) in [7, 11) is 2.27. The molecule has 8 N–H and O–H groups in total. The summed E-state index contributed by atoms with van der Waals surface area (Å²) in [6.07, 6.45) is 1.12. The number of carbonyl (C=O) groups excluding carboxylic acids is 2. The third-order valence-electron chi connectivity index (χ3n) is 1.35. The summed E-state index contributed by atoms with van der Waals surface area (Å²) in [5.41, 5.74) is 21.7. The predicted octanol–water partition coefficient (Wildman–Crippen LogP) is -2.01. The van der Waals surface area contributed by atoms with Gasteiger partial charge in [0.05, 0.1) is 22.8 Å². The van der Waals surface area contributed by atoms with Gasteiger partial charge in [0.1, 0.15) is 12.6 Å². The topological polar surface area (TPSA) is 138 Å². The first-order valence-electron chi connectivity index (χ1n) is 3.78. The summed E-state index contributed by atoms with van der Waals surface area (Å²) in [5.74, 6) is 0. The molecule has 8 heteroatoms. The highest BCUT2D eigenvalue weighted by atomic mass is 33.1. The number of rotatable bonds is 7. The normalized spacial score (nSPS) is 19.4. The van der Waals surface area contributed by atoms with Crippen LogP contribution in [0.2, 0.25) is 0 Å². The number of nitrogens with two attached hydrogens (primary N) is 4. The van der Waals surface area contributed by atoms with E-state index in [1.165, 1.54) is 0 Å². The Labute approximate surface area is 89.9 Å². The molecule has 0 fully saturated rings. The van der Waals surface area contributed by atoms with Gasteiger partial charge in [-0.2, -0.15) is 0 Å². The predicted molar refractivity (Wildman–Crippen MR) is 59.2 cm³/mol. The van der Waals surface area contributed by atoms with E-state index in [0.717, 1.165) is 21.6 Å². The van der Waals surface area contributed by atoms with Gasteiger partial charge in [-0.1, -0.05) is 21.6 Å². The molecule has 82 valence electrons. The van der Waals surface area contributed by atoms with Gasteiger partial charge in [0.15, 0.2) is 0 Å². The van der Waals surface area contributed by atoms with Crippen LogP contribution in [0, 0.1) is 0 Å². The van der Waals surface area contributed by atoms with Gasteiger partial charge in [0, 0.05) is 0 Å². The van der Waals surface area contributed by atoms with Crippen molar-refractivity contribution in [1.82, 2.24) is 0 Å². The van der Waals surface area contributed by atoms with E-state index in [9.17, 15) is 9.59 Å². The van der Waals surface area contributed by atoms with Crippen LogP contribution in [0.15, 0.2) is 0 Å². The van der Waals surface area contributed by atoms with E-state index in [-0.39, 0.29) is 0 Å². The third kappa shape index (κ3) is 4.94. The zero-order valence-electron chi connectivity index (χ0n) is 7.41. The summed E-state index contributed by atoms with van der Waals surface area (Å²) < 4.78 is 0. The Balaban J connectivity index is 3.81. The third-order valence-corrected chi connectivity index (χ3v) is 4.20. The highest BCUT2D eigenvalue weighted by molar-refractivity contribution is 8.77. The molecule has 6 nitrogen and oxygen atoms in total. The highest BCUT2D eigenvalue weighted by Gasteiger charge is 2.18. The average Bonchev–Trinajstić information content (AvgIpc) is 2.22. The molecular weight excluding hydrogens is 224 g/mol. The minimum absolute atomic E-state index is 0.553. The fourth-order valence-electron chi connectivity index (χ4n) is 0.411. The molecule has 0 heterocycles. The lowest BCUT2D eigenvalue weighted by atomic mass is 10.4. The fourth-order valence-corrected chi connectivity index (χ4v) is 2.59. The molecule has 0 aromatic heterocycles. The minimum atomic E-state index is -0.743. The van der Waals surface area contributed by atoms with E-state index in [4.69, 9.17) is 22.9 Å². The molecule has 0 saturated carbocycles. The monoisotopic (exact) mass is 238 g/mol. The largest absolute Gasteiger partial charge is 0.320 e. The first-order valence-corrected chi connectivity index (χ1v) is 6.05. The van der Waals surface area contributed by atoms with E-state index < -0.39 is 22.8 Å². The Kier molecular flexibility index (Phi) is 7.15. The van der Waals surface area contributed by atoms with E-state index in [1.54, 1.807) is 0 Å². The maximum atomic E-state index is 10.2. The van der Waals surface area contributed by atoms with Crippen LogP contribution < -0.4 is 22.9 Å². The molecule has 4 unspecified atom stereocenters. The van der Waals surface area contributed by atoms with Crippen LogP contribution in [-0.4, -0.2) is 35.4 Å². The molecule has 14 heavy (non-hydrogen) atoms. The Morgan fingerprint density at radius 1 is 0.786 bits per heavy atom. The van der Waals surface area contributed by atoms with Crippen molar-refractivity contribution in [3.8, 4) is 0 Å². The van der Waals surface area contributed by atoms with E-state index in [1.807, 2.05) is 0 Å². The van der Waals surface area contributed by atoms with E-state index >= 15 is 0 Å². The molecular formula is C6H14N4O2S2. The number of aldehydes is 2. The van der Waals surface area contributed by atoms with Crippen molar-refractivity contribution in [2.45, 2.75) is 22.8 Å².